The second-order valence-electron chi connectivity index (χ2n) is 10.5. The van der Waals surface area contributed by atoms with Gasteiger partial charge in [-0.15, -0.1) is 6.58 Å². The van der Waals surface area contributed by atoms with Crippen LogP contribution in [0.3, 0.4) is 0 Å². The second kappa shape index (κ2) is 15.3. The molecule has 6 N–H and O–H groups in total. The number of aliphatic hydroxyl groups is 1. The summed E-state index contributed by atoms with van der Waals surface area (Å²) in [5.41, 5.74) is 7.60. The minimum absolute atomic E-state index is 0.0118. The van der Waals surface area contributed by atoms with Crippen LogP contribution in [0, 0.1) is 11.8 Å². The summed E-state index contributed by atoms with van der Waals surface area (Å²) in [5.74, 6) is -0.786. The van der Waals surface area contributed by atoms with Crippen LogP contribution in [0.5, 0.6) is 11.5 Å². The van der Waals surface area contributed by atoms with E-state index in [1.54, 1.807) is 38.2 Å². The minimum atomic E-state index is -0.961. The highest BCUT2D eigenvalue weighted by Crippen LogP contribution is 2.39. The van der Waals surface area contributed by atoms with Gasteiger partial charge in [-0.05, 0) is 57.4 Å². The zero-order valence-corrected chi connectivity index (χ0v) is 24.1. The Labute approximate surface area is 237 Å². The highest BCUT2D eigenvalue weighted by Gasteiger charge is 2.26. The molecule has 0 saturated heterocycles. The Morgan fingerprint density at radius 3 is 2.58 bits per heavy atom. The zero-order valence-electron chi connectivity index (χ0n) is 24.1. The maximum atomic E-state index is 13.0. The number of primary amides is 1. The standard InChI is InChI=1S/C31H44N2O7/c1-7-8-11-22-23-15-18(2)13-14-25(34)20(4)16-21(5)29(40-31(32)38)27(39-6)12-9-10-19(3)30(37)33-24(28(23)36)17-26(22)35/h7,9-10,12,16-18,20,25,27,29,34-36H,1,8,11,13-15H2,2-6H3,(H2,32,38)(H,33,37)/b12-9-,19-10+,21-16+/t18-,20-,25-,27-,29-/m0/s1. The fourth-order valence-corrected chi connectivity index (χ4v) is 4.84. The van der Waals surface area contributed by atoms with E-state index < -0.39 is 30.3 Å². The normalized spacial score (nSPS) is 28.4. The van der Waals surface area contributed by atoms with Crippen LogP contribution in [0.2, 0.25) is 0 Å². The predicted molar refractivity (Wildman–Crippen MR) is 156 cm³/mol. The Bertz CT molecular complexity index is 1150. The van der Waals surface area contributed by atoms with Gasteiger partial charge in [0, 0.05) is 35.8 Å². The number of allylic oxidation sites excluding steroid dienone is 3. The Morgan fingerprint density at radius 2 is 1.95 bits per heavy atom. The molecule has 9 nitrogen and oxygen atoms in total. The first-order chi connectivity index (χ1) is 18.9. The van der Waals surface area contributed by atoms with Crippen molar-refractivity contribution in [2.24, 2.45) is 17.6 Å². The number of methoxy groups -OCH3 is 1. The van der Waals surface area contributed by atoms with Crippen LogP contribution in [0.25, 0.3) is 0 Å². The van der Waals surface area contributed by atoms with Crippen molar-refractivity contribution in [2.75, 3.05) is 12.4 Å². The summed E-state index contributed by atoms with van der Waals surface area (Å²) < 4.78 is 10.9. The smallest absolute Gasteiger partial charge is 0.405 e. The van der Waals surface area contributed by atoms with Crippen molar-refractivity contribution in [2.45, 2.75) is 78.1 Å². The van der Waals surface area contributed by atoms with Crippen LogP contribution in [0.1, 0.15) is 58.1 Å². The summed E-state index contributed by atoms with van der Waals surface area (Å²) in [4.78, 5) is 24.6. The van der Waals surface area contributed by atoms with E-state index in [0.29, 0.717) is 54.4 Å². The predicted octanol–water partition coefficient (Wildman–Crippen LogP) is 5.05. The first kappa shape index (κ1) is 32.7. The van der Waals surface area contributed by atoms with Gasteiger partial charge in [0.25, 0.3) is 5.91 Å². The van der Waals surface area contributed by atoms with E-state index in [1.165, 1.54) is 13.2 Å². The average Bonchev–Trinajstić information content (AvgIpc) is 2.90. The highest BCUT2D eigenvalue weighted by atomic mass is 16.6. The van der Waals surface area contributed by atoms with Crippen LogP contribution in [0.4, 0.5) is 10.5 Å². The summed E-state index contributed by atoms with van der Waals surface area (Å²) in [7, 11) is 1.46. The molecule has 1 aromatic carbocycles. The van der Waals surface area contributed by atoms with E-state index in [4.69, 9.17) is 15.2 Å². The Hall–Kier alpha value is -3.56. The summed E-state index contributed by atoms with van der Waals surface area (Å²) in [6.07, 6.45) is 7.84. The van der Waals surface area contributed by atoms with Gasteiger partial charge in [-0.25, -0.2) is 4.79 Å². The SMILES string of the molecule is C=CCCc1c(O)cc2c(O)c1C[C@@H](C)CC[C@H](O)[C@@H](C)/C=C(\C)[C@H](OC(N)=O)[C@@H](OC)/C=C\C=C(/C)C(=O)N2. The number of anilines is 1. The van der Waals surface area contributed by atoms with E-state index in [-0.39, 0.29) is 29.0 Å². The average molecular weight is 557 g/mol. The highest BCUT2D eigenvalue weighted by molar-refractivity contribution is 6.04. The van der Waals surface area contributed by atoms with Crippen LogP contribution in [0.15, 0.2) is 54.2 Å². The molecule has 0 aromatic heterocycles. The quantitative estimate of drug-likeness (QED) is 0.193. The van der Waals surface area contributed by atoms with E-state index in [9.17, 15) is 24.9 Å². The molecule has 0 saturated carbocycles. The van der Waals surface area contributed by atoms with Gasteiger partial charge >= 0.3 is 6.09 Å². The van der Waals surface area contributed by atoms with E-state index >= 15 is 0 Å². The van der Waals surface area contributed by atoms with Crippen molar-refractivity contribution in [1.29, 1.82) is 0 Å². The summed E-state index contributed by atoms with van der Waals surface area (Å²) in [6.45, 7) is 11.0. The molecule has 1 aromatic rings. The molecule has 2 bridgehead atoms. The Balaban J connectivity index is 2.58. The number of benzene rings is 1. The third kappa shape index (κ3) is 8.99. The number of phenolic OH excluding ortho intramolecular Hbond substituents is 2. The van der Waals surface area contributed by atoms with E-state index in [0.717, 1.165) is 0 Å². The number of fused-ring (bicyclic) bond motifs is 2. The molecule has 1 aliphatic heterocycles. The molecule has 0 radical (unpaired) electrons. The van der Waals surface area contributed by atoms with Gasteiger partial charge in [-0.2, -0.15) is 0 Å². The van der Waals surface area contributed by atoms with Crippen molar-refractivity contribution in [1.82, 2.24) is 0 Å². The van der Waals surface area contributed by atoms with Crippen molar-refractivity contribution in [3.8, 4) is 11.5 Å². The fourth-order valence-electron chi connectivity index (χ4n) is 4.84. The molecule has 2 rings (SSSR count). The molecular weight excluding hydrogens is 512 g/mol. The molecule has 2 amide bonds. The number of nitrogens with two attached hydrogens (primary N) is 1. The first-order valence-electron chi connectivity index (χ1n) is 13.6. The summed E-state index contributed by atoms with van der Waals surface area (Å²) in [5, 5.41) is 35.6. The number of aliphatic hydroxyl groups excluding tert-OH is 1. The van der Waals surface area contributed by atoms with E-state index in [1.807, 2.05) is 19.9 Å². The van der Waals surface area contributed by atoms with Crippen LogP contribution in [-0.4, -0.2) is 52.7 Å². The summed E-state index contributed by atoms with van der Waals surface area (Å²) >= 11 is 0. The van der Waals surface area contributed by atoms with Gasteiger partial charge in [-0.1, -0.05) is 44.2 Å². The van der Waals surface area contributed by atoms with Gasteiger partial charge < -0.3 is 35.8 Å². The lowest BCUT2D eigenvalue weighted by molar-refractivity contribution is -0.112. The summed E-state index contributed by atoms with van der Waals surface area (Å²) in [6, 6.07) is 1.36. The second-order valence-corrected chi connectivity index (χ2v) is 10.5. The van der Waals surface area contributed by atoms with Gasteiger partial charge in [0.1, 0.15) is 17.6 Å². The fraction of sp³-hybridized carbons (Fsp3) is 0.484. The number of rotatable bonds is 5. The number of carbonyl (C=O) groups excluding carboxylic acids is 2. The van der Waals surface area contributed by atoms with Crippen molar-refractivity contribution < 1.29 is 34.4 Å². The number of hydrogen-bond acceptors (Lipinski definition) is 7. The van der Waals surface area contributed by atoms with Gasteiger partial charge in [0.15, 0.2) is 6.10 Å². The molecule has 9 heteroatoms. The lowest BCUT2D eigenvalue weighted by Crippen LogP contribution is -2.35. The number of phenols is 2. The lowest BCUT2D eigenvalue weighted by atomic mass is 9.87. The van der Waals surface area contributed by atoms with Crippen molar-refractivity contribution >= 4 is 17.7 Å². The molecule has 0 unspecified atom stereocenters. The maximum Gasteiger partial charge on any atom is 0.405 e. The molecule has 0 aliphatic carbocycles. The third-order valence-electron chi connectivity index (χ3n) is 7.25. The molecule has 0 fully saturated rings. The molecule has 220 valence electrons. The molecule has 0 spiro atoms. The minimum Gasteiger partial charge on any atom is -0.508 e. The number of aromatic hydroxyl groups is 2. The third-order valence-corrected chi connectivity index (χ3v) is 7.25. The number of amides is 2. The van der Waals surface area contributed by atoms with Crippen LogP contribution < -0.4 is 11.1 Å². The lowest BCUT2D eigenvalue weighted by Gasteiger charge is -2.26. The van der Waals surface area contributed by atoms with Crippen molar-refractivity contribution in [3.05, 3.63) is 65.3 Å². The number of hydrogen-bond donors (Lipinski definition) is 5. The van der Waals surface area contributed by atoms with E-state index in [2.05, 4.69) is 11.9 Å². The monoisotopic (exact) mass is 556 g/mol. The Kier molecular flexibility index (Phi) is 12.5. The molecule has 40 heavy (non-hydrogen) atoms. The maximum absolute atomic E-state index is 13.0. The number of carbonyl (C=O) groups is 2. The largest absolute Gasteiger partial charge is 0.508 e. The van der Waals surface area contributed by atoms with Gasteiger partial charge in [0.05, 0.1) is 11.8 Å². The first-order valence-corrected chi connectivity index (χ1v) is 13.6. The van der Waals surface area contributed by atoms with Crippen LogP contribution >= 0.6 is 0 Å². The zero-order chi connectivity index (χ0) is 30.0. The Morgan fingerprint density at radius 1 is 1.25 bits per heavy atom. The molecular formula is C31H44N2O7. The number of ether oxygens (including phenoxy) is 2. The topological polar surface area (TPSA) is 151 Å². The van der Waals surface area contributed by atoms with Gasteiger partial charge in [0.2, 0.25) is 0 Å². The molecule has 1 heterocycles. The van der Waals surface area contributed by atoms with Crippen LogP contribution in [-0.2, 0) is 27.1 Å². The molecule has 1 aliphatic rings. The van der Waals surface area contributed by atoms with Crippen molar-refractivity contribution in [3.63, 3.8) is 0 Å². The van der Waals surface area contributed by atoms with Gasteiger partial charge in [-0.3, -0.25) is 4.79 Å². The molecule has 5 atom stereocenters. The number of nitrogens with one attached hydrogen (secondary N) is 1.